The number of rotatable bonds is 5. The predicted molar refractivity (Wildman–Crippen MR) is 78.0 cm³/mol. The summed E-state index contributed by atoms with van der Waals surface area (Å²) in [7, 11) is 0. The molecule has 0 aliphatic heterocycles. The molecule has 102 valence electrons. The standard InChI is InChI=1S/C13H15NO3S2/c1-3-7(2)11(13(16)17)14-12(15)10-6-9-8(19-10)4-5-18-9/h4-7,11H,3H2,1-2H3,(H,14,15)(H,16,17)/t7-,11-/m0/s1. The van der Waals surface area contributed by atoms with E-state index in [1.165, 1.54) is 11.3 Å². The largest absolute Gasteiger partial charge is 0.480 e. The van der Waals surface area contributed by atoms with Crippen LogP contribution >= 0.6 is 22.7 Å². The lowest BCUT2D eigenvalue weighted by Gasteiger charge is -2.19. The minimum atomic E-state index is -0.985. The molecule has 19 heavy (non-hydrogen) atoms. The number of carbonyl (C=O) groups is 2. The van der Waals surface area contributed by atoms with Crippen LogP contribution in [0.3, 0.4) is 0 Å². The zero-order valence-electron chi connectivity index (χ0n) is 10.7. The molecule has 0 aromatic carbocycles. The zero-order valence-corrected chi connectivity index (χ0v) is 12.3. The van der Waals surface area contributed by atoms with E-state index in [1.807, 2.05) is 31.4 Å². The van der Waals surface area contributed by atoms with Crippen molar-refractivity contribution in [3.05, 3.63) is 22.4 Å². The molecule has 6 heteroatoms. The van der Waals surface area contributed by atoms with Crippen LogP contribution in [0.15, 0.2) is 17.5 Å². The van der Waals surface area contributed by atoms with Crippen LogP contribution in [0.5, 0.6) is 0 Å². The predicted octanol–water partition coefficient (Wildman–Crippen LogP) is 3.19. The molecule has 0 bridgehead atoms. The second kappa shape index (κ2) is 5.71. The Labute approximate surface area is 119 Å². The summed E-state index contributed by atoms with van der Waals surface area (Å²) in [4.78, 5) is 23.8. The fraction of sp³-hybridized carbons (Fsp3) is 0.385. The summed E-state index contributed by atoms with van der Waals surface area (Å²) in [5, 5.41) is 13.7. The van der Waals surface area contributed by atoms with Crippen LogP contribution < -0.4 is 5.32 Å². The van der Waals surface area contributed by atoms with Crippen LogP contribution in [0.4, 0.5) is 0 Å². The van der Waals surface area contributed by atoms with Gasteiger partial charge in [0.1, 0.15) is 6.04 Å². The fourth-order valence-electron chi connectivity index (χ4n) is 1.77. The van der Waals surface area contributed by atoms with E-state index in [2.05, 4.69) is 5.32 Å². The summed E-state index contributed by atoms with van der Waals surface area (Å²) >= 11 is 2.97. The van der Waals surface area contributed by atoms with Crippen molar-refractivity contribution in [1.29, 1.82) is 0 Å². The number of carbonyl (C=O) groups excluding carboxylic acids is 1. The molecule has 2 heterocycles. The number of hydrogen-bond donors (Lipinski definition) is 2. The first-order valence-electron chi connectivity index (χ1n) is 6.03. The molecule has 2 N–H and O–H groups in total. The highest BCUT2D eigenvalue weighted by atomic mass is 32.1. The molecular weight excluding hydrogens is 282 g/mol. The Hall–Kier alpha value is -1.40. The van der Waals surface area contributed by atoms with Crippen molar-refractivity contribution in [3.63, 3.8) is 0 Å². The number of nitrogens with one attached hydrogen (secondary N) is 1. The summed E-state index contributed by atoms with van der Waals surface area (Å²) in [5.41, 5.74) is 0. The van der Waals surface area contributed by atoms with Crippen LogP contribution in [-0.4, -0.2) is 23.0 Å². The number of carboxylic acids is 1. The highest BCUT2D eigenvalue weighted by Crippen LogP contribution is 2.30. The van der Waals surface area contributed by atoms with Crippen LogP contribution in [0.25, 0.3) is 9.40 Å². The second-order valence-corrected chi connectivity index (χ2v) is 6.47. The average Bonchev–Trinajstić information content (AvgIpc) is 2.94. The highest BCUT2D eigenvalue weighted by molar-refractivity contribution is 7.27. The molecule has 2 aromatic rings. The number of aliphatic carboxylic acids is 1. The van der Waals surface area contributed by atoms with Gasteiger partial charge in [0.05, 0.1) is 4.88 Å². The van der Waals surface area contributed by atoms with E-state index >= 15 is 0 Å². The molecule has 0 spiro atoms. The van der Waals surface area contributed by atoms with E-state index in [0.29, 0.717) is 11.3 Å². The molecule has 0 saturated carbocycles. The molecule has 0 radical (unpaired) electrons. The van der Waals surface area contributed by atoms with E-state index in [1.54, 1.807) is 11.3 Å². The molecule has 2 rings (SSSR count). The third kappa shape index (κ3) is 2.96. The molecule has 2 aromatic heterocycles. The Morgan fingerprint density at radius 1 is 1.42 bits per heavy atom. The summed E-state index contributed by atoms with van der Waals surface area (Å²) < 4.78 is 2.12. The molecule has 0 saturated heterocycles. The zero-order chi connectivity index (χ0) is 14.0. The lowest BCUT2D eigenvalue weighted by Crippen LogP contribution is -2.44. The van der Waals surface area contributed by atoms with Gasteiger partial charge < -0.3 is 10.4 Å². The Morgan fingerprint density at radius 3 is 2.74 bits per heavy atom. The molecular formula is C13H15NO3S2. The summed E-state index contributed by atoms with van der Waals surface area (Å²) in [6.07, 6.45) is 0.705. The molecule has 0 unspecified atom stereocenters. The molecule has 2 atom stereocenters. The quantitative estimate of drug-likeness (QED) is 0.890. The molecule has 0 fully saturated rings. The number of thiophene rings is 2. The summed E-state index contributed by atoms with van der Waals surface area (Å²) in [5.74, 6) is -1.38. The van der Waals surface area contributed by atoms with E-state index < -0.39 is 12.0 Å². The van der Waals surface area contributed by atoms with Gasteiger partial charge in [0.15, 0.2) is 0 Å². The van der Waals surface area contributed by atoms with E-state index in [9.17, 15) is 9.59 Å². The topological polar surface area (TPSA) is 66.4 Å². The lowest BCUT2D eigenvalue weighted by atomic mass is 9.99. The van der Waals surface area contributed by atoms with Crippen LogP contribution in [0.1, 0.15) is 29.9 Å². The Bertz CT molecular complexity index is 573. The van der Waals surface area contributed by atoms with Gasteiger partial charge in [0.2, 0.25) is 0 Å². The van der Waals surface area contributed by atoms with Crippen molar-refractivity contribution in [2.75, 3.05) is 0 Å². The highest BCUT2D eigenvalue weighted by Gasteiger charge is 2.26. The summed E-state index contributed by atoms with van der Waals surface area (Å²) in [6.45, 7) is 3.74. The van der Waals surface area contributed by atoms with Gasteiger partial charge in [-0.25, -0.2) is 4.79 Å². The fourth-order valence-corrected chi connectivity index (χ4v) is 3.78. The number of carboxylic acid groups (broad SMARTS) is 1. The normalized spacial score (nSPS) is 14.2. The minimum Gasteiger partial charge on any atom is -0.480 e. The Morgan fingerprint density at radius 2 is 2.16 bits per heavy atom. The SMILES string of the molecule is CC[C@H](C)[C@H](NC(=O)c1cc2sccc2s1)C(=O)O. The maximum Gasteiger partial charge on any atom is 0.326 e. The van der Waals surface area contributed by atoms with Crippen LogP contribution in [-0.2, 0) is 4.79 Å². The van der Waals surface area contributed by atoms with Gasteiger partial charge in [-0.2, -0.15) is 0 Å². The van der Waals surface area contributed by atoms with Gasteiger partial charge in [-0.1, -0.05) is 20.3 Å². The summed E-state index contributed by atoms with van der Waals surface area (Å²) in [6, 6.07) is 2.94. The number of fused-ring (bicyclic) bond motifs is 1. The Balaban J connectivity index is 2.15. The Kier molecular flexibility index (Phi) is 4.21. The van der Waals surface area contributed by atoms with Crippen LogP contribution in [0.2, 0.25) is 0 Å². The number of amides is 1. The van der Waals surface area contributed by atoms with Crippen molar-refractivity contribution in [2.45, 2.75) is 26.3 Å². The van der Waals surface area contributed by atoms with Gasteiger partial charge in [-0.05, 0) is 23.4 Å². The average molecular weight is 297 g/mol. The smallest absolute Gasteiger partial charge is 0.326 e. The van der Waals surface area contributed by atoms with E-state index in [-0.39, 0.29) is 11.8 Å². The number of hydrogen-bond acceptors (Lipinski definition) is 4. The molecule has 0 aliphatic carbocycles. The maximum absolute atomic E-state index is 12.1. The van der Waals surface area contributed by atoms with E-state index in [0.717, 1.165) is 9.40 Å². The van der Waals surface area contributed by atoms with Crippen LogP contribution in [0, 0.1) is 5.92 Å². The first-order chi connectivity index (χ1) is 9.02. The monoisotopic (exact) mass is 297 g/mol. The first kappa shape index (κ1) is 14.0. The second-order valence-electron chi connectivity index (χ2n) is 4.43. The first-order valence-corrected chi connectivity index (χ1v) is 7.73. The van der Waals surface area contributed by atoms with Crippen molar-refractivity contribution in [2.24, 2.45) is 5.92 Å². The third-order valence-corrected chi connectivity index (χ3v) is 5.22. The van der Waals surface area contributed by atoms with E-state index in [4.69, 9.17) is 5.11 Å². The van der Waals surface area contributed by atoms with Gasteiger partial charge >= 0.3 is 5.97 Å². The van der Waals surface area contributed by atoms with Crippen molar-refractivity contribution in [1.82, 2.24) is 5.32 Å². The van der Waals surface area contributed by atoms with Gasteiger partial charge in [-0.15, -0.1) is 22.7 Å². The van der Waals surface area contributed by atoms with Gasteiger partial charge in [0.25, 0.3) is 5.91 Å². The molecule has 4 nitrogen and oxygen atoms in total. The third-order valence-electron chi connectivity index (χ3n) is 3.13. The van der Waals surface area contributed by atoms with Crippen molar-refractivity contribution < 1.29 is 14.7 Å². The maximum atomic E-state index is 12.1. The molecule has 0 aliphatic rings. The van der Waals surface area contributed by atoms with Gasteiger partial charge in [0, 0.05) is 9.40 Å². The minimum absolute atomic E-state index is 0.0949. The van der Waals surface area contributed by atoms with Crippen molar-refractivity contribution >= 4 is 43.9 Å². The lowest BCUT2D eigenvalue weighted by molar-refractivity contribution is -0.140. The van der Waals surface area contributed by atoms with Crippen molar-refractivity contribution in [3.8, 4) is 0 Å². The molecule has 1 amide bonds. The van der Waals surface area contributed by atoms with Gasteiger partial charge in [-0.3, -0.25) is 4.79 Å².